The Morgan fingerprint density at radius 1 is 1.59 bits per heavy atom. The molecule has 6 heteroatoms. The Labute approximate surface area is 105 Å². The van der Waals surface area contributed by atoms with Gasteiger partial charge in [0.1, 0.15) is 0 Å². The Balaban J connectivity index is 1.83. The Bertz CT molecular complexity index is 411. The topological polar surface area (TPSA) is 72.9 Å². The van der Waals surface area contributed by atoms with Crippen LogP contribution in [-0.4, -0.2) is 27.2 Å². The van der Waals surface area contributed by atoms with Crippen molar-refractivity contribution in [3.8, 4) is 0 Å². The summed E-state index contributed by atoms with van der Waals surface area (Å²) in [7, 11) is 0. The first-order valence-electron chi connectivity index (χ1n) is 5.71. The summed E-state index contributed by atoms with van der Waals surface area (Å²) >= 11 is 4.99. The van der Waals surface area contributed by atoms with Crippen LogP contribution in [0.4, 0.5) is 0 Å². The minimum atomic E-state index is -0.584. The van der Waals surface area contributed by atoms with Gasteiger partial charge in [0.25, 0.3) is 0 Å². The first kappa shape index (κ1) is 12.0. The number of thiocarbonyl (C=S) groups is 1. The van der Waals surface area contributed by atoms with Gasteiger partial charge in [-0.3, -0.25) is 9.48 Å². The molecule has 2 rings (SSSR count). The SMILES string of the molecule is NC(=S)C1(C(=O)NCCn2cccn2)CCC1. The molecule has 1 saturated carbocycles. The van der Waals surface area contributed by atoms with Gasteiger partial charge >= 0.3 is 0 Å². The average molecular weight is 252 g/mol. The fraction of sp³-hybridized carbons (Fsp3) is 0.545. The molecule has 17 heavy (non-hydrogen) atoms. The van der Waals surface area contributed by atoms with Gasteiger partial charge in [0.15, 0.2) is 0 Å². The Morgan fingerprint density at radius 2 is 2.35 bits per heavy atom. The lowest BCUT2D eigenvalue weighted by atomic mass is 9.68. The van der Waals surface area contributed by atoms with E-state index in [1.165, 1.54) is 0 Å². The van der Waals surface area contributed by atoms with E-state index in [9.17, 15) is 4.79 Å². The Morgan fingerprint density at radius 3 is 2.82 bits per heavy atom. The summed E-state index contributed by atoms with van der Waals surface area (Å²) in [5, 5.41) is 6.94. The fourth-order valence-corrected chi connectivity index (χ4v) is 2.30. The highest BCUT2D eigenvalue weighted by molar-refractivity contribution is 7.80. The third-order valence-electron chi connectivity index (χ3n) is 3.30. The van der Waals surface area contributed by atoms with Crippen molar-refractivity contribution in [2.75, 3.05) is 6.54 Å². The zero-order valence-electron chi connectivity index (χ0n) is 9.56. The highest BCUT2D eigenvalue weighted by atomic mass is 32.1. The molecule has 1 aliphatic rings. The van der Waals surface area contributed by atoms with Gasteiger partial charge in [-0.2, -0.15) is 5.10 Å². The molecule has 92 valence electrons. The van der Waals surface area contributed by atoms with Gasteiger partial charge in [-0.25, -0.2) is 0 Å². The van der Waals surface area contributed by atoms with E-state index in [0.717, 1.165) is 19.3 Å². The number of nitrogens with two attached hydrogens (primary N) is 1. The molecule has 1 aromatic rings. The van der Waals surface area contributed by atoms with Crippen LogP contribution >= 0.6 is 12.2 Å². The van der Waals surface area contributed by atoms with Crippen molar-refractivity contribution in [2.45, 2.75) is 25.8 Å². The van der Waals surface area contributed by atoms with Gasteiger partial charge in [0.05, 0.1) is 16.9 Å². The molecule has 0 saturated heterocycles. The van der Waals surface area contributed by atoms with E-state index >= 15 is 0 Å². The molecule has 1 heterocycles. The van der Waals surface area contributed by atoms with E-state index in [1.807, 2.05) is 12.3 Å². The van der Waals surface area contributed by atoms with Crippen molar-refractivity contribution in [3.05, 3.63) is 18.5 Å². The molecule has 0 atom stereocenters. The number of carbonyl (C=O) groups is 1. The second-order valence-corrected chi connectivity index (χ2v) is 4.76. The normalized spacial score (nSPS) is 17.2. The van der Waals surface area contributed by atoms with Gasteiger partial charge < -0.3 is 11.1 Å². The number of nitrogens with one attached hydrogen (secondary N) is 1. The van der Waals surface area contributed by atoms with Crippen molar-refractivity contribution >= 4 is 23.1 Å². The standard InChI is InChI=1S/C11H16N4OS/c12-9(17)11(3-1-4-11)10(16)13-6-8-15-7-2-5-14-15/h2,5,7H,1,3-4,6,8H2,(H2,12,17)(H,13,16). The van der Waals surface area contributed by atoms with Crippen LogP contribution in [0.5, 0.6) is 0 Å². The van der Waals surface area contributed by atoms with Crippen LogP contribution < -0.4 is 11.1 Å². The second kappa shape index (κ2) is 4.83. The molecular weight excluding hydrogens is 236 g/mol. The molecule has 1 aliphatic carbocycles. The van der Waals surface area contributed by atoms with Gasteiger partial charge in [0, 0.05) is 18.9 Å². The summed E-state index contributed by atoms with van der Waals surface area (Å²) in [6, 6.07) is 1.85. The maximum Gasteiger partial charge on any atom is 0.233 e. The number of aromatic nitrogens is 2. The van der Waals surface area contributed by atoms with Gasteiger partial charge in [-0.15, -0.1) is 0 Å². The molecule has 0 unspecified atom stereocenters. The van der Waals surface area contributed by atoms with Crippen LogP contribution in [-0.2, 0) is 11.3 Å². The van der Waals surface area contributed by atoms with E-state index in [4.69, 9.17) is 18.0 Å². The van der Waals surface area contributed by atoms with Crippen molar-refractivity contribution in [2.24, 2.45) is 11.1 Å². The number of amides is 1. The maximum atomic E-state index is 12.0. The molecule has 0 aliphatic heterocycles. The third-order valence-corrected chi connectivity index (χ3v) is 3.69. The highest BCUT2D eigenvalue weighted by Gasteiger charge is 2.46. The summed E-state index contributed by atoms with van der Waals surface area (Å²) < 4.78 is 1.77. The summed E-state index contributed by atoms with van der Waals surface area (Å²) in [4.78, 5) is 12.3. The predicted molar refractivity (Wildman–Crippen MR) is 68.3 cm³/mol. The second-order valence-electron chi connectivity index (χ2n) is 4.32. The molecular formula is C11H16N4OS. The van der Waals surface area contributed by atoms with Gasteiger partial charge in [0.2, 0.25) is 5.91 Å². The minimum absolute atomic E-state index is 0.0385. The lowest BCUT2D eigenvalue weighted by Gasteiger charge is -2.39. The maximum absolute atomic E-state index is 12.0. The van der Waals surface area contributed by atoms with Crippen LogP contribution in [0.25, 0.3) is 0 Å². The van der Waals surface area contributed by atoms with Crippen LogP contribution in [0.3, 0.4) is 0 Å². The van der Waals surface area contributed by atoms with Crippen molar-refractivity contribution in [1.82, 2.24) is 15.1 Å². The molecule has 0 spiro atoms. The van der Waals surface area contributed by atoms with Crippen molar-refractivity contribution in [1.29, 1.82) is 0 Å². The number of hydrogen-bond donors (Lipinski definition) is 2. The smallest absolute Gasteiger partial charge is 0.233 e. The summed E-state index contributed by atoms with van der Waals surface area (Å²) in [6.45, 7) is 1.21. The van der Waals surface area contributed by atoms with E-state index in [0.29, 0.717) is 18.1 Å². The van der Waals surface area contributed by atoms with Crippen LogP contribution in [0.1, 0.15) is 19.3 Å². The molecule has 0 bridgehead atoms. The summed E-state index contributed by atoms with van der Waals surface area (Å²) in [5.74, 6) is -0.0385. The molecule has 0 radical (unpaired) electrons. The zero-order valence-corrected chi connectivity index (χ0v) is 10.4. The van der Waals surface area contributed by atoms with Crippen molar-refractivity contribution in [3.63, 3.8) is 0 Å². The zero-order chi connectivity index (χ0) is 12.3. The average Bonchev–Trinajstić information content (AvgIpc) is 2.67. The molecule has 1 fully saturated rings. The van der Waals surface area contributed by atoms with E-state index in [-0.39, 0.29) is 5.91 Å². The summed E-state index contributed by atoms with van der Waals surface area (Å²) in [6.07, 6.45) is 6.14. The Kier molecular flexibility index (Phi) is 3.42. The van der Waals surface area contributed by atoms with Crippen LogP contribution in [0.2, 0.25) is 0 Å². The third kappa shape index (κ3) is 2.31. The lowest BCUT2D eigenvalue weighted by molar-refractivity contribution is -0.130. The number of hydrogen-bond acceptors (Lipinski definition) is 3. The number of nitrogens with zero attached hydrogens (tertiary/aromatic N) is 2. The lowest BCUT2D eigenvalue weighted by Crippen LogP contribution is -2.53. The molecule has 3 N–H and O–H groups in total. The first-order chi connectivity index (χ1) is 8.15. The molecule has 5 nitrogen and oxygen atoms in total. The van der Waals surface area contributed by atoms with Crippen LogP contribution in [0.15, 0.2) is 18.5 Å². The molecule has 1 amide bonds. The predicted octanol–water partition coefficient (Wildman–Crippen LogP) is 0.456. The monoisotopic (exact) mass is 252 g/mol. The van der Waals surface area contributed by atoms with Gasteiger partial charge in [-0.1, -0.05) is 18.6 Å². The number of carbonyl (C=O) groups excluding carboxylic acids is 1. The van der Waals surface area contributed by atoms with Crippen LogP contribution in [0, 0.1) is 5.41 Å². The highest BCUT2D eigenvalue weighted by Crippen LogP contribution is 2.41. The van der Waals surface area contributed by atoms with Crippen molar-refractivity contribution < 1.29 is 4.79 Å². The van der Waals surface area contributed by atoms with E-state index < -0.39 is 5.41 Å². The Hall–Kier alpha value is -1.43. The fourth-order valence-electron chi connectivity index (χ4n) is 2.00. The minimum Gasteiger partial charge on any atom is -0.392 e. The van der Waals surface area contributed by atoms with E-state index in [1.54, 1.807) is 10.9 Å². The van der Waals surface area contributed by atoms with Gasteiger partial charge in [-0.05, 0) is 18.9 Å². The summed E-state index contributed by atoms with van der Waals surface area (Å²) in [5.41, 5.74) is 5.07. The first-order valence-corrected chi connectivity index (χ1v) is 6.12. The quantitative estimate of drug-likeness (QED) is 0.747. The molecule has 0 aromatic carbocycles. The van der Waals surface area contributed by atoms with E-state index in [2.05, 4.69) is 10.4 Å². The largest absolute Gasteiger partial charge is 0.392 e. The molecule has 1 aromatic heterocycles. The number of rotatable bonds is 5.